The van der Waals surface area contributed by atoms with Gasteiger partial charge >= 0.3 is 0 Å². The first-order valence-corrected chi connectivity index (χ1v) is 5.22. The molecule has 1 aromatic carbocycles. The van der Waals surface area contributed by atoms with Gasteiger partial charge in [0.05, 0.1) is 0 Å². The molecule has 0 saturated heterocycles. The van der Waals surface area contributed by atoms with Gasteiger partial charge in [-0.15, -0.1) is 0 Å². The summed E-state index contributed by atoms with van der Waals surface area (Å²) in [5, 5.41) is 0. The van der Waals surface area contributed by atoms with E-state index in [2.05, 4.69) is 44.2 Å². The maximum absolute atomic E-state index is 3.93. The Hall–Kier alpha value is -0.780. The van der Waals surface area contributed by atoms with Crippen LogP contribution in [0.4, 0.5) is 0 Å². The molecule has 0 nitrogen and oxygen atoms in total. The van der Waals surface area contributed by atoms with Gasteiger partial charge in [0.2, 0.25) is 0 Å². The quantitative estimate of drug-likeness (QED) is 0.629. The fraction of sp³-hybridized carbons (Fsp3) is 0.462. The van der Waals surface area contributed by atoms with Crippen LogP contribution in [-0.2, 0) is 0 Å². The van der Waals surface area contributed by atoms with Crippen LogP contribution in [0.15, 0.2) is 30.3 Å². The Morgan fingerprint density at radius 3 is 2.38 bits per heavy atom. The molecule has 1 unspecified atom stereocenters. The lowest BCUT2D eigenvalue weighted by atomic mass is 9.91. The molecule has 0 aromatic heterocycles. The number of hydrogen-bond donors (Lipinski definition) is 0. The van der Waals surface area contributed by atoms with Gasteiger partial charge in [-0.25, -0.2) is 0 Å². The van der Waals surface area contributed by atoms with Gasteiger partial charge in [-0.3, -0.25) is 0 Å². The molecule has 0 fully saturated rings. The summed E-state index contributed by atoms with van der Waals surface area (Å²) in [6.07, 6.45) is 4.82. The fourth-order valence-electron chi connectivity index (χ4n) is 1.80. The minimum atomic E-state index is 0.726. The fourth-order valence-corrected chi connectivity index (χ4v) is 1.80. The van der Waals surface area contributed by atoms with E-state index in [0.29, 0.717) is 0 Å². The van der Waals surface area contributed by atoms with Crippen molar-refractivity contribution >= 4 is 0 Å². The molecule has 0 bridgehead atoms. The Bertz CT molecular complexity index is 207. The highest BCUT2D eigenvalue weighted by Crippen LogP contribution is 2.25. The second-order valence-electron chi connectivity index (χ2n) is 3.54. The van der Waals surface area contributed by atoms with E-state index in [-0.39, 0.29) is 0 Å². The SMILES string of the molecule is [CH2]CCC(CCC)c1ccccc1. The highest BCUT2D eigenvalue weighted by molar-refractivity contribution is 5.19. The van der Waals surface area contributed by atoms with Gasteiger partial charge < -0.3 is 0 Å². The molecular weight excluding hydrogens is 156 g/mol. The van der Waals surface area contributed by atoms with Crippen LogP contribution < -0.4 is 0 Å². The van der Waals surface area contributed by atoms with E-state index in [1.54, 1.807) is 0 Å². The van der Waals surface area contributed by atoms with Crippen LogP contribution in [0.3, 0.4) is 0 Å². The topological polar surface area (TPSA) is 0 Å². The van der Waals surface area contributed by atoms with Crippen molar-refractivity contribution in [1.82, 2.24) is 0 Å². The molecule has 0 N–H and O–H groups in total. The van der Waals surface area contributed by atoms with Gasteiger partial charge in [-0.1, -0.05) is 57.0 Å². The lowest BCUT2D eigenvalue weighted by Crippen LogP contribution is -1.97. The Kier molecular flexibility index (Phi) is 4.59. The van der Waals surface area contributed by atoms with Gasteiger partial charge in [0.1, 0.15) is 0 Å². The average molecular weight is 175 g/mol. The maximum Gasteiger partial charge on any atom is -0.0162 e. The van der Waals surface area contributed by atoms with E-state index in [9.17, 15) is 0 Å². The molecule has 1 radical (unpaired) electrons. The third-order valence-corrected chi connectivity index (χ3v) is 2.46. The third-order valence-electron chi connectivity index (χ3n) is 2.46. The third kappa shape index (κ3) is 3.22. The molecule has 1 aromatic rings. The van der Waals surface area contributed by atoms with Crippen molar-refractivity contribution in [3.8, 4) is 0 Å². The van der Waals surface area contributed by atoms with E-state index >= 15 is 0 Å². The van der Waals surface area contributed by atoms with Crippen LogP contribution in [0, 0.1) is 6.92 Å². The van der Waals surface area contributed by atoms with E-state index in [1.807, 2.05) is 0 Å². The summed E-state index contributed by atoms with van der Waals surface area (Å²) in [7, 11) is 0. The normalized spacial score (nSPS) is 10.7. The summed E-state index contributed by atoms with van der Waals surface area (Å²) in [5.74, 6) is 0.726. The summed E-state index contributed by atoms with van der Waals surface area (Å²) in [6.45, 7) is 6.18. The van der Waals surface area contributed by atoms with Crippen molar-refractivity contribution in [2.45, 2.75) is 38.5 Å². The van der Waals surface area contributed by atoms with Crippen LogP contribution in [0.25, 0.3) is 0 Å². The first-order chi connectivity index (χ1) is 6.38. The van der Waals surface area contributed by atoms with E-state index in [1.165, 1.54) is 24.8 Å². The van der Waals surface area contributed by atoms with Gasteiger partial charge in [0.25, 0.3) is 0 Å². The second kappa shape index (κ2) is 5.80. The average Bonchev–Trinajstić information content (AvgIpc) is 2.19. The summed E-state index contributed by atoms with van der Waals surface area (Å²) in [5.41, 5.74) is 1.48. The monoisotopic (exact) mass is 175 g/mol. The molecule has 0 amide bonds. The Labute approximate surface area is 82.0 Å². The largest absolute Gasteiger partial charge is 0.0654 e. The lowest BCUT2D eigenvalue weighted by Gasteiger charge is -2.15. The lowest BCUT2D eigenvalue weighted by molar-refractivity contribution is 0.573. The molecule has 0 aliphatic carbocycles. The highest BCUT2D eigenvalue weighted by atomic mass is 14.1. The van der Waals surface area contributed by atoms with Gasteiger partial charge in [0.15, 0.2) is 0 Å². The molecule has 71 valence electrons. The smallest absolute Gasteiger partial charge is 0.0162 e. The van der Waals surface area contributed by atoms with Gasteiger partial charge in [-0.05, 0) is 24.3 Å². The molecule has 0 heteroatoms. The van der Waals surface area contributed by atoms with E-state index in [4.69, 9.17) is 0 Å². The predicted octanol–water partition coefficient (Wildman–Crippen LogP) is 4.18. The van der Waals surface area contributed by atoms with Crippen molar-refractivity contribution in [3.05, 3.63) is 42.8 Å². The molecule has 0 aliphatic rings. The zero-order valence-corrected chi connectivity index (χ0v) is 8.50. The van der Waals surface area contributed by atoms with E-state index in [0.717, 1.165) is 12.3 Å². The van der Waals surface area contributed by atoms with Crippen molar-refractivity contribution in [2.75, 3.05) is 0 Å². The van der Waals surface area contributed by atoms with Gasteiger partial charge in [0, 0.05) is 0 Å². The Morgan fingerprint density at radius 2 is 1.85 bits per heavy atom. The summed E-state index contributed by atoms with van der Waals surface area (Å²) < 4.78 is 0. The molecule has 1 atom stereocenters. The summed E-state index contributed by atoms with van der Waals surface area (Å²) in [4.78, 5) is 0. The van der Waals surface area contributed by atoms with Crippen molar-refractivity contribution in [3.63, 3.8) is 0 Å². The number of benzene rings is 1. The molecule has 0 spiro atoms. The standard InChI is InChI=1S/C13H19/c1-3-8-12(9-4-2)13-10-6-5-7-11-13/h5-7,10-12H,1,3-4,8-9H2,2H3. The molecule has 0 heterocycles. The van der Waals surface area contributed by atoms with Crippen LogP contribution in [-0.4, -0.2) is 0 Å². The van der Waals surface area contributed by atoms with Crippen molar-refractivity contribution < 1.29 is 0 Å². The molecule has 0 aliphatic heterocycles. The molecule has 13 heavy (non-hydrogen) atoms. The second-order valence-corrected chi connectivity index (χ2v) is 3.54. The minimum absolute atomic E-state index is 0.726. The predicted molar refractivity (Wildman–Crippen MR) is 58.7 cm³/mol. The van der Waals surface area contributed by atoms with Crippen LogP contribution in [0.5, 0.6) is 0 Å². The Morgan fingerprint density at radius 1 is 1.15 bits per heavy atom. The van der Waals surface area contributed by atoms with E-state index < -0.39 is 0 Å². The number of rotatable bonds is 5. The van der Waals surface area contributed by atoms with Gasteiger partial charge in [-0.2, -0.15) is 0 Å². The molecule has 1 rings (SSSR count). The van der Waals surface area contributed by atoms with Crippen LogP contribution in [0.2, 0.25) is 0 Å². The first-order valence-electron chi connectivity index (χ1n) is 5.22. The minimum Gasteiger partial charge on any atom is -0.0654 e. The van der Waals surface area contributed by atoms with Crippen molar-refractivity contribution in [2.24, 2.45) is 0 Å². The first kappa shape index (κ1) is 10.3. The number of hydrogen-bond acceptors (Lipinski definition) is 0. The zero-order valence-electron chi connectivity index (χ0n) is 8.50. The van der Waals surface area contributed by atoms with Crippen molar-refractivity contribution in [1.29, 1.82) is 0 Å². The maximum atomic E-state index is 3.93. The summed E-state index contributed by atoms with van der Waals surface area (Å²) in [6, 6.07) is 10.8. The zero-order chi connectivity index (χ0) is 9.52. The molecule has 0 saturated carbocycles. The Balaban J connectivity index is 2.64. The molecular formula is C13H19. The van der Waals surface area contributed by atoms with Crippen LogP contribution in [0.1, 0.15) is 44.1 Å². The highest BCUT2D eigenvalue weighted by Gasteiger charge is 2.07. The summed E-state index contributed by atoms with van der Waals surface area (Å²) >= 11 is 0. The van der Waals surface area contributed by atoms with Crippen LogP contribution >= 0.6 is 0 Å².